The van der Waals surface area contributed by atoms with Gasteiger partial charge in [-0.05, 0) is 25.0 Å². The Labute approximate surface area is 122 Å². The van der Waals surface area contributed by atoms with Crippen LogP contribution in [-0.2, 0) is 0 Å². The van der Waals surface area contributed by atoms with Gasteiger partial charge in [-0.3, -0.25) is 0 Å². The van der Waals surface area contributed by atoms with Crippen LogP contribution in [0.5, 0.6) is 11.5 Å². The first-order chi connectivity index (χ1) is 10.1. The van der Waals surface area contributed by atoms with Gasteiger partial charge in [0.2, 0.25) is 0 Å². The number of phenolic OH excluding ortho intramolecular Hbond substituents is 1. The van der Waals surface area contributed by atoms with E-state index in [9.17, 15) is 13.9 Å². The molecule has 0 aromatic heterocycles. The second kappa shape index (κ2) is 6.05. The summed E-state index contributed by atoms with van der Waals surface area (Å²) in [5.74, 6) is -0.414. The fourth-order valence-electron chi connectivity index (χ4n) is 3.46. The topological polar surface area (TPSA) is 44.7 Å². The maximum atomic E-state index is 12.2. The molecule has 1 aliphatic carbocycles. The molecule has 0 amide bonds. The molecule has 2 fully saturated rings. The molecule has 0 bridgehead atoms. The van der Waals surface area contributed by atoms with Gasteiger partial charge < -0.3 is 20.1 Å². The summed E-state index contributed by atoms with van der Waals surface area (Å²) < 4.78 is 28.7. The quantitative estimate of drug-likeness (QED) is 0.900. The molecule has 0 radical (unpaired) electrons. The van der Waals surface area contributed by atoms with Crippen LogP contribution in [0, 0.1) is 0 Å². The predicted octanol–water partition coefficient (Wildman–Crippen LogP) is 2.71. The minimum Gasteiger partial charge on any atom is -0.504 e. The lowest BCUT2D eigenvalue weighted by Gasteiger charge is -2.46. The monoisotopic (exact) mass is 298 g/mol. The van der Waals surface area contributed by atoms with Crippen LogP contribution in [0.4, 0.5) is 14.5 Å². The van der Waals surface area contributed by atoms with Crippen molar-refractivity contribution in [3.63, 3.8) is 0 Å². The predicted molar refractivity (Wildman–Crippen MR) is 76.1 cm³/mol. The van der Waals surface area contributed by atoms with E-state index in [1.165, 1.54) is 31.4 Å². The summed E-state index contributed by atoms with van der Waals surface area (Å²) in [6.45, 7) is -1.17. The summed E-state index contributed by atoms with van der Waals surface area (Å²) in [5.41, 5.74) is 0.868. The number of phenols is 1. The number of hydrogen-bond donors (Lipinski definition) is 2. The maximum Gasteiger partial charge on any atom is 0.387 e. The van der Waals surface area contributed by atoms with Crippen LogP contribution in [-0.4, -0.2) is 36.9 Å². The van der Waals surface area contributed by atoms with Gasteiger partial charge in [-0.1, -0.05) is 12.8 Å². The van der Waals surface area contributed by atoms with E-state index in [1.54, 1.807) is 6.07 Å². The second-order valence-electron chi connectivity index (χ2n) is 5.64. The number of fused-ring (bicyclic) bond motifs is 1. The largest absolute Gasteiger partial charge is 0.504 e. The van der Waals surface area contributed by atoms with Gasteiger partial charge in [0.1, 0.15) is 0 Å². The molecule has 6 heteroatoms. The van der Waals surface area contributed by atoms with Crippen molar-refractivity contribution >= 4 is 5.69 Å². The second-order valence-corrected chi connectivity index (χ2v) is 5.64. The van der Waals surface area contributed by atoms with Crippen LogP contribution >= 0.6 is 0 Å². The van der Waals surface area contributed by atoms with E-state index in [-0.39, 0.29) is 11.5 Å². The minimum absolute atomic E-state index is 0.177. The summed E-state index contributed by atoms with van der Waals surface area (Å²) in [6.07, 6.45) is 4.74. The van der Waals surface area contributed by atoms with Crippen LogP contribution in [0.1, 0.15) is 25.7 Å². The Balaban J connectivity index is 1.80. The van der Waals surface area contributed by atoms with Crippen LogP contribution in [0.25, 0.3) is 0 Å². The molecule has 2 atom stereocenters. The summed E-state index contributed by atoms with van der Waals surface area (Å²) in [5, 5.41) is 13.4. The molecule has 21 heavy (non-hydrogen) atoms. The highest BCUT2D eigenvalue weighted by atomic mass is 19.3. The average molecular weight is 298 g/mol. The van der Waals surface area contributed by atoms with Gasteiger partial charge >= 0.3 is 6.61 Å². The number of alkyl halides is 2. The first-order valence-electron chi connectivity index (χ1n) is 7.43. The highest BCUT2D eigenvalue weighted by Gasteiger charge is 2.33. The molecule has 1 aromatic carbocycles. The molecular weight excluding hydrogens is 278 g/mol. The van der Waals surface area contributed by atoms with Crippen LogP contribution < -0.4 is 15.0 Å². The van der Waals surface area contributed by atoms with Gasteiger partial charge in [0.25, 0.3) is 0 Å². The smallest absolute Gasteiger partial charge is 0.387 e. The van der Waals surface area contributed by atoms with Crippen LogP contribution in [0.2, 0.25) is 0 Å². The first-order valence-corrected chi connectivity index (χ1v) is 7.43. The Kier molecular flexibility index (Phi) is 4.14. The van der Waals surface area contributed by atoms with Gasteiger partial charge in [0.15, 0.2) is 11.5 Å². The van der Waals surface area contributed by atoms with Crippen molar-refractivity contribution in [3.8, 4) is 11.5 Å². The van der Waals surface area contributed by atoms with Crippen molar-refractivity contribution in [3.05, 3.63) is 18.2 Å². The van der Waals surface area contributed by atoms with Crippen molar-refractivity contribution in [2.24, 2.45) is 0 Å². The van der Waals surface area contributed by atoms with Crippen LogP contribution in [0.3, 0.4) is 0 Å². The van der Waals surface area contributed by atoms with E-state index < -0.39 is 6.61 Å². The lowest BCUT2D eigenvalue weighted by atomic mass is 9.87. The van der Waals surface area contributed by atoms with Crippen LogP contribution in [0.15, 0.2) is 18.2 Å². The lowest BCUT2D eigenvalue weighted by molar-refractivity contribution is -0.0512. The van der Waals surface area contributed by atoms with Gasteiger partial charge in [-0.15, -0.1) is 0 Å². The van der Waals surface area contributed by atoms with E-state index >= 15 is 0 Å². The van der Waals surface area contributed by atoms with Crippen molar-refractivity contribution in [1.29, 1.82) is 0 Å². The third kappa shape index (κ3) is 3.05. The summed E-state index contributed by atoms with van der Waals surface area (Å²) in [6, 6.07) is 5.57. The molecule has 2 N–H and O–H groups in total. The van der Waals surface area contributed by atoms with Gasteiger partial charge in [-0.25, -0.2) is 0 Å². The lowest BCUT2D eigenvalue weighted by Crippen LogP contribution is -2.59. The molecule has 2 unspecified atom stereocenters. The number of hydrogen-bond acceptors (Lipinski definition) is 4. The van der Waals surface area contributed by atoms with Crippen molar-refractivity contribution in [1.82, 2.24) is 5.32 Å². The highest BCUT2D eigenvalue weighted by Crippen LogP contribution is 2.35. The number of piperazine rings is 1. The van der Waals surface area contributed by atoms with Gasteiger partial charge in [-0.2, -0.15) is 8.78 Å². The number of aromatic hydroxyl groups is 1. The zero-order chi connectivity index (χ0) is 14.8. The van der Waals surface area contributed by atoms with E-state index in [1.807, 2.05) is 0 Å². The summed E-state index contributed by atoms with van der Waals surface area (Å²) in [7, 11) is 0. The van der Waals surface area contributed by atoms with Gasteiger partial charge in [0.05, 0.1) is 0 Å². The Morgan fingerprint density at radius 2 is 2.10 bits per heavy atom. The molecule has 4 nitrogen and oxygen atoms in total. The number of nitrogens with one attached hydrogen (secondary N) is 1. The molecule has 1 heterocycles. The molecule has 1 saturated carbocycles. The van der Waals surface area contributed by atoms with Crippen molar-refractivity contribution < 1.29 is 18.6 Å². The Bertz CT molecular complexity index is 497. The van der Waals surface area contributed by atoms with E-state index in [0.29, 0.717) is 12.1 Å². The third-order valence-electron chi connectivity index (χ3n) is 4.38. The zero-order valence-electron chi connectivity index (χ0n) is 11.8. The summed E-state index contributed by atoms with van der Waals surface area (Å²) >= 11 is 0. The number of rotatable bonds is 3. The number of anilines is 1. The van der Waals surface area contributed by atoms with E-state index in [0.717, 1.165) is 25.2 Å². The number of benzene rings is 1. The molecule has 116 valence electrons. The van der Waals surface area contributed by atoms with Crippen molar-refractivity contribution in [2.75, 3.05) is 18.0 Å². The third-order valence-corrected chi connectivity index (χ3v) is 4.38. The first kappa shape index (κ1) is 14.4. The number of nitrogens with zero attached hydrogens (tertiary/aromatic N) is 1. The molecule has 1 aromatic rings. The van der Waals surface area contributed by atoms with Gasteiger partial charge in [0, 0.05) is 36.9 Å². The summed E-state index contributed by atoms with van der Waals surface area (Å²) in [4.78, 5) is 2.27. The average Bonchev–Trinajstić information content (AvgIpc) is 2.48. The molecule has 1 saturated heterocycles. The Morgan fingerprint density at radius 3 is 2.86 bits per heavy atom. The normalized spacial score (nSPS) is 25.8. The molecule has 2 aliphatic rings. The Morgan fingerprint density at radius 1 is 1.29 bits per heavy atom. The number of ether oxygens (including phenoxy) is 1. The minimum atomic E-state index is -2.93. The zero-order valence-corrected chi connectivity index (χ0v) is 11.8. The molecule has 3 rings (SSSR count). The highest BCUT2D eigenvalue weighted by molar-refractivity contribution is 5.57. The Hall–Kier alpha value is -1.56. The van der Waals surface area contributed by atoms with E-state index in [4.69, 9.17) is 0 Å². The molecular formula is C15H20F2N2O2. The maximum absolute atomic E-state index is 12.2. The molecule has 1 aliphatic heterocycles. The standard InChI is InChI=1S/C15H20F2N2O2/c16-15(17)21-14-6-5-10(9-13(14)20)19-8-7-18-11-3-1-2-4-12(11)19/h5-6,9,11-12,15,18,20H,1-4,7-8H2. The number of halogens is 2. The van der Waals surface area contributed by atoms with E-state index in [2.05, 4.69) is 15.0 Å². The fraction of sp³-hybridized carbons (Fsp3) is 0.600. The van der Waals surface area contributed by atoms with Crippen molar-refractivity contribution in [2.45, 2.75) is 44.4 Å². The fourth-order valence-corrected chi connectivity index (χ4v) is 3.46. The SMILES string of the molecule is Oc1cc(N2CCNC3CCCCC32)ccc1OC(F)F. The molecule has 0 spiro atoms.